The number of pyridine rings is 1. The summed E-state index contributed by atoms with van der Waals surface area (Å²) in [6, 6.07) is 7.87. The van der Waals surface area contributed by atoms with Gasteiger partial charge in [-0.25, -0.2) is 0 Å². The Morgan fingerprint density at radius 3 is 2.47 bits per heavy atom. The molecule has 0 amide bonds. The van der Waals surface area contributed by atoms with Gasteiger partial charge in [0.25, 0.3) is 0 Å². The van der Waals surface area contributed by atoms with Gasteiger partial charge in [-0.1, -0.05) is 11.6 Å². The van der Waals surface area contributed by atoms with Gasteiger partial charge in [0.2, 0.25) is 0 Å². The van der Waals surface area contributed by atoms with Gasteiger partial charge >= 0.3 is 0 Å². The van der Waals surface area contributed by atoms with Crippen LogP contribution in [0.15, 0.2) is 36.5 Å². The summed E-state index contributed by atoms with van der Waals surface area (Å²) in [5, 5.41) is 19.0. The lowest BCUT2D eigenvalue weighted by Gasteiger charge is -2.03. The number of aromatic hydroxyl groups is 2. The molecule has 0 fully saturated rings. The number of nitrogens with zero attached hydrogens (tertiary/aromatic N) is 1. The topological polar surface area (TPSA) is 53.4 Å². The highest BCUT2D eigenvalue weighted by Crippen LogP contribution is 2.30. The van der Waals surface area contributed by atoms with E-state index in [0.717, 1.165) is 0 Å². The van der Waals surface area contributed by atoms with Crippen molar-refractivity contribution in [3.05, 3.63) is 41.6 Å². The zero-order valence-electron chi connectivity index (χ0n) is 7.68. The van der Waals surface area contributed by atoms with Gasteiger partial charge in [-0.2, -0.15) is 0 Å². The van der Waals surface area contributed by atoms with Crippen molar-refractivity contribution >= 4 is 11.6 Å². The van der Waals surface area contributed by atoms with Gasteiger partial charge in [-0.3, -0.25) is 4.98 Å². The summed E-state index contributed by atoms with van der Waals surface area (Å²) in [6.07, 6.45) is 1.58. The molecule has 0 saturated heterocycles. The van der Waals surface area contributed by atoms with Crippen LogP contribution in [-0.2, 0) is 0 Å². The first-order chi connectivity index (χ1) is 7.16. The molecule has 0 aliphatic rings. The van der Waals surface area contributed by atoms with E-state index in [1.54, 1.807) is 24.4 Å². The van der Waals surface area contributed by atoms with Crippen molar-refractivity contribution in [1.82, 2.24) is 4.98 Å². The van der Waals surface area contributed by atoms with Crippen LogP contribution in [0.25, 0.3) is 11.3 Å². The Balaban J connectivity index is 2.50. The van der Waals surface area contributed by atoms with Gasteiger partial charge in [0.05, 0.1) is 5.69 Å². The van der Waals surface area contributed by atoms with Crippen LogP contribution in [0.2, 0.25) is 5.02 Å². The molecule has 0 atom stereocenters. The van der Waals surface area contributed by atoms with Gasteiger partial charge in [0.15, 0.2) is 11.5 Å². The molecule has 0 aliphatic carbocycles. The van der Waals surface area contributed by atoms with Crippen molar-refractivity contribution in [2.45, 2.75) is 0 Å². The molecule has 2 N–H and O–H groups in total. The molecule has 0 radical (unpaired) electrons. The second-order valence-electron chi connectivity index (χ2n) is 3.06. The lowest BCUT2D eigenvalue weighted by Crippen LogP contribution is -1.82. The maximum Gasteiger partial charge on any atom is 0.158 e. The third-order valence-corrected chi connectivity index (χ3v) is 2.23. The monoisotopic (exact) mass is 221 g/mol. The first-order valence-corrected chi connectivity index (χ1v) is 4.68. The van der Waals surface area contributed by atoms with Crippen LogP contribution in [0.4, 0.5) is 0 Å². The zero-order valence-corrected chi connectivity index (χ0v) is 8.44. The Kier molecular flexibility index (Phi) is 2.47. The van der Waals surface area contributed by atoms with Crippen molar-refractivity contribution in [1.29, 1.82) is 0 Å². The zero-order chi connectivity index (χ0) is 10.8. The maximum absolute atomic E-state index is 9.32. The molecule has 2 rings (SSSR count). The van der Waals surface area contributed by atoms with Crippen LogP contribution < -0.4 is 0 Å². The molecule has 0 spiro atoms. The molecule has 0 saturated carbocycles. The Labute approximate surface area is 91.6 Å². The van der Waals surface area contributed by atoms with E-state index in [9.17, 15) is 5.11 Å². The van der Waals surface area contributed by atoms with E-state index >= 15 is 0 Å². The van der Waals surface area contributed by atoms with E-state index in [2.05, 4.69) is 4.98 Å². The van der Waals surface area contributed by atoms with Crippen molar-refractivity contribution in [2.75, 3.05) is 0 Å². The largest absolute Gasteiger partial charge is 0.504 e. The fraction of sp³-hybridized carbons (Fsp3) is 0. The van der Waals surface area contributed by atoms with Gasteiger partial charge in [0, 0.05) is 16.8 Å². The molecular formula is C11H8ClNO2. The van der Waals surface area contributed by atoms with Crippen LogP contribution in [0.1, 0.15) is 0 Å². The Bertz CT molecular complexity index is 500. The summed E-state index contributed by atoms with van der Waals surface area (Å²) in [5.74, 6) is -0.324. The number of rotatable bonds is 1. The van der Waals surface area contributed by atoms with Crippen molar-refractivity contribution < 1.29 is 10.2 Å². The lowest BCUT2D eigenvalue weighted by molar-refractivity contribution is 0.404. The fourth-order valence-electron chi connectivity index (χ4n) is 1.25. The highest BCUT2D eigenvalue weighted by atomic mass is 35.5. The average molecular weight is 222 g/mol. The number of halogens is 1. The quantitative estimate of drug-likeness (QED) is 0.728. The first-order valence-electron chi connectivity index (χ1n) is 4.31. The van der Waals surface area contributed by atoms with E-state index in [0.29, 0.717) is 16.3 Å². The summed E-state index contributed by atoms with van der Waals surface area (Å²) in [5.41, 5.74) is 1.35. The first kappa shape index (κ1) is 9.80. The number of phenolic OH excluding ortho intramolecular Hbond substituents is 2. The molecule has 0 unspecified atom stereocenters. The number of phenols is 2. The number of aromatic nitrogens is 1. The van der Waals surface area contributed by atoms with Gasteiger partial charge < -0.3 is 10.2 Å². The smallest absolute Gasteiger partial charge is 0.158 e. The van der Waals surface area contributed by atoms with E-state index in [1.165, 1.54) is 12.1 Å². The number of hydrogen-bond donors (Lipinski definition) is 2. The van der Waals surface area contributed by atoms with Crippen LogP contribution >= 0.6 is 11.6 Å². The van der Waals surface area contributed by atoms with Gasteiger partial charge in [-0.15, -0.1) is 0 Å². The molecule has 4 heteroatoms. The Hall–Kier alpha value is -1.74. The highest BCUT2D eigenvalue weighted by molar-refractivity contribution is 6.30. The lowest BCUT2D eigenvalue weighted by atomic mass is 10.1. The van der Waals surface area contributed by atoms with E-state index < -0.39 is 0 Å². The molecule has 1 heterocycles. The average Bonchev–Trinajstić information content (AvgIpc) is 2.22. The normalized spacial score (nSPS) is 10.2. The summed E-state index contributed by atoms with van der Waals surface area (Å²) in [7, 11) is 0. The minimum Gasteiger partial charge on any atom is -0.504 e. The fourth-order valence-corrected chi connectivity index (χ4v) is 1.41. The van der Waals surface area contributed by atoms with Gasteiger partial charge in [0.1, 0.15) is 0 Å². The van der Waals surface area contributed by atoms with Crippen LogP contribution in [0.5, 0.6) is 11.5 Å². The molecule has 1 aromatic heterocycles. The standard InChI is InChI=1S/C11H8ClNO2/c12-8-3-4-13-9(6-8)7-1-2-10(14)11(15)5-7/h1-6,14-15H. The molecule has 1 aromatic carbocycles. The Morgan fingerprint density at radius 1 is 1.00 bits per heavy atom. The van der Waals surface area contributed by atoms with Gasteiger partial charge in [-0.05, 0) is 30.3 Å². The summed E-state index contributed by atoms with van der Waals surface area (Å²) in [6.45, 7) is 0. The number of benzene rings is 1. The van der Waals surface area contributed by atoms with Crippen molar-refractivity contribution in [2.24, 2.45) is 0 Å². The highest BCUT2D eigenvalue weighted by Gasteiger charge is 2.04. The van der Waals surface area contributed by atoms with Crippen LogP contribution in [0, 0.1) is 0 Å². The van der Waals surface area contributed by atoms with Crippen molar-refractivity contribution in [3.8, 4) is 22.8 Å². The number of hydrogen-bond acceptors (Lipinski definition) is 3. The maximum atomic E-state index is 9.32. The predicted octanol–water partition coefficient (Wildman–Crippen LogP) is 2.81. The van der Waals surface area contributed by atoms with Crippen molar-refractivity contribution in [3.63, 3.8) is 0 Å². The SMILES string of the molecule is Oc1ccc(-c2cc(Cl)ccn2)cc1O. The molecule has 2 aromatic rings. The van der Waals surface area contributed by atoms with E-state index in [-0.39, 0.29) is 11.5 Å². The molecule has 15 heavy (non-hydrogen) atoms. The van der Waals surface area contributed by atoms with E-state index in [1.807, 2.05) is 0 Å². The minimum atomic E-state index is -0.172. The molecule has 0 aliphatic heterocycles. The minimum absolute atomic E-state index is 0.152. The third kappa shape index (κ3) is 2.02. The van der Waals surface area contributed by atoms with Crippen LogP contribution in [0.3, 0.4) is 0 Å². The molecular weight excluding hydrogens is 214 g/mol. The second-order valence-corrected chi connectivity index (χ2v) is 3.50. The molecule has 0 bridgehead atoms. The summed E-state index contributed by atoms with van der Waals surface area (Å²) >= 11 is 5.81. The molecule has 76 valence electrons. The predicted molar refractivity (Wildman–Crippen MR) is 58.0 cm³/mol. The molecule has 3 nitrogen and oxygen atoms in total. The summed E-state index contributed by atoms with van der Waals surface area (Å²) in [4.78, 5) is 4.10. The van der Waals surface area contributed by atoms with Crippen LogP contribution in [-0.4, -0.2) is 15.2 Å². The summed E-state index contributed by atoms with van der Waals surface area (Å²) < 4.78 is 0. The second kappa shape index (κ2) is 3.79. The Morgan fingerprint density at radius 2 is 1.80 bits per heavy atom. The third-order valence-electron chi connectivity index (χ3n) is 1.99. The van der Waals surface area contributed by atoms with E-state index in [4.69, 9.17) is 16.7 Å².